The van der Waals surface area contributed by atoms with E-state index in [-0.39, 0.29) is 11.4 Å². The molecule has 0 atom stereocenters. The highest BCUT2D eigenvalue weighted by Crippen LogP contribution is 2.18. The predicted octanol–water partition coefficient (Wildman–Crippen LogP) is 3.80. The van der Waals surface area contributed by atoms with Gasteiger partial charge in [-0.2, -0.15) is 9.41 Å². The molecule has 0 heterocycles. The molecule has 3 aromatic carbocycles. The first-order valence-electron chi connectivity index (χ1n) is 9.66. The molecule has 166 valence electrons. The van der Waals surface area contributed by atoms with Gasteiger partial charge in [-0.05, 0) is 42.0 Å². The molecular weight excluding hydrogens is 494 g/mol. The lowest BCUT2D eigenvalue weighted by atomic mass is 10.2. The Hall–Kier alpha value is -3.01. The lowest BCUT2D eigenvalue weighted by Crippen LogP contribution is -2.36. The van der Waals surface area contributed by atoms with Gasteiger partial charge in [-0.15, -0.1) is 0 Å². The number of nitrogens with zero attached hydrogens (tertiary/aromatic N) is 2. The minimum absolute atomic E-state index is 0.101. The Kier molecular flexibility index (Phi) is 8.15. The maximum absolute atomic E-state index is 12.6. The number of hydrazone groups is 1. The molecule has 0 aromatic heterocycles. The molecule has 0 aliphatic rings. The second-order valence-electron chi connectivity index (χ2n) is 6.82. The van der Waals surface area contributed by atoms with Gasteiger partial charge in [-0.3, -0.25) is 4.79 Å². The summed E-state index contributed by atoms with van der Waals surface area (Å²) in [5.74, 6) is 0.0522. The summed E-state index contributed by atoms with van der Waals surface area (Å²) in [6, 6.07) is 23.2. The number of carbonyl (C=O) groups excluding carboxylic acids is 1. The van der Waals surface area contributed by atoms with E-state index >= 15 is 0 Å². The highest BCUT2D eigenvalue weighted by Gasteiger charge is 2.22. The predicted molar refractivity (Wildman–Crippen MR) is 127 cm³/mol. The summed E-state index contributed by atoms with van der Waals surface area (Å²) in [5.41, 5.74) is 4.07. The fourth-order valence-electron chi connectivity index (χ4n) is 2.74. The van der Waals surface area contributed by atoms with E-state index in [0.717, 1.165) is 14.3 Å². The van der Waals surface area contributed by atoms with Gasteiger partial charge in [0.2, 0.25) is 10.0 Å². The van der Waals surface area contributed by atoms with Crippen molar-refractivity contribution in [2.75, 3.05) is 13.6 Å². The molecule has 0 bridgehead atoms. The molecule has 0 saturated carbocycles. The topological polar surface area (TPSA) is 88.1 Å². The molecule has 0 saturated heterocycles. The van der Waals surface area contributed by atoms with Gasteiger partial charge in [-0.1, -0.05) is 58.4 Å². The van der Waals surface area contributed by atoms with Crippen LogP contribution in [0, 0.1) is 0 Å². The van der Waals surface area contributed by atoms with E-state index in [1.54, 1.807) is 18.2 Å². The Bertz CT molecular complexity index is 1180. The van der Waals surface area contributed by atoms with Crippen molar-refractivity contribution in [1.29, 1.82) is 0 Å². The third kappa shape index (κ3) is 6.49. The number of nitrogens with one attached hydrogen (secondary N) is 1. The number of rotatable bonds is 9. The standard InChI is InChI=1S/C23H22BrN3O4S/c1-27(32(29,30)21-13-11-20(24)12-14-21)16-23(28)26-25-15-19-9-5-6-10-22(19)31-17-18-7-3-2-4-8-18/h2-15H,16-17H2,1H3,(H,26,28)/b25-15-. The van der Waals surface area contributed by atoms with Crippen LogP contribution < -0.4 is 10.2 Å². The van der Waals surface area contributed by atoms with Crippen LogP contribution in [-0.4, -0.2) is 38.4 Å². The van der Waals surface area contributed by atoms with Crippen LogP contribution in [0.4, 0.5) is 0 Å². The zero-order valence-electron chi connectivity index (χ0n) is 17.3. The van der Waals surface area contributed by atoms with Crippen molar-refractivity contribution in [3.63, 3.8) is 0 Å². The van der Waals surface area contributed by atoms with Crippen LogP contribution in [0.2, 0.25) is 0 Å². The van der Waals surface area contributed by atoms with Crippen LogP contribution in [0.25, 0.3) is 0 Å². The fraction of sp³-hybridized carbons (Fsp3) is 0.130. The molecule has 0 radical (unpaired) electrons. The van der Waals surface area contributed by atoms with E-state index in [9.17, 15) is 13.2 Å². The molecule has 7 nitrogen and oxygen atoms in total. The smallest absolute Gasteiger partial charge is 0.255 e. The van der Waals surface area contributed by atoms with Crippen LogP contribution in [0.3, 0.4) is 0 Å². The summed E-state index contributed by atoms with van der Waals surface area (Å²) in [6.45, 7) is 0.0264. The first kappa shape index (κ1) is 23.6. The third-order valence-corrected chi connectivity index (χ3v) is 6.78. The molecule has 32 heavy (non-hydrogen) atoms. The second-order valence-corrected chi connectivity index (χ2v) is 9.78. The molecule has 0 unspecified atom stereocenters. The van der Waals surface area contributed by atoms with Gasteiger partial charge in [-0.25, -0.2) is 13.8 Å². The zero-order chi connectivity index (χ0) is 23.0. The summed E-state index contributed by atoms with van der Waals surface area (Å²) in [4.78, 5) is 12.3. The van der Waals surface area contributed by atoms with Crippen LogP contribution in [0.1, 0.15) is 11.1 Å². The molecule has 1 N–H and O–H groups in total. The molecule has 3 aromatic rings. The molecule has 1 amide bonds. The van der Waals surface area contributed by atoms with E-state index < -0.39 is 15.9 Å². The van der Waals surface area contributed by atoms with Crippen molar-refractivity contribution in [3.05, 3.63) is 94.5 Å². The van der Waals surface area contributed by atoms with Gasteiger partial charge in [0.1, 0.15) is 12.4 Å². The minimum Gasteiger partial charge on any atom is -0.488 e. The SMILES string of the molecule is CN(CC(=O)N/N=C\c1ccccc1OCc1ccccc1)S(=O)(=O)c1ccc(Br)cc1. The van der Waals surface area contributed by atoms with Gasteiger partial charge < -0.3 is 4.74 Å². The van der Waals surface area contributed by atoms with Gasteiger partial charge in [0, 0.05) is 17.1 Å². The van der Waals surface area contributed by atoms with Gasteiger partial charge in [0.25, 0.3) is 5.91 Å². The molecule has 0 aliphatic carbocycles. The Morgan fingerprint density at radius 2 is 1.69 bits per heavy atom. The van der Waals surface area contributed by atoms with Crippen LogP contribution in [0.15, 0.2) is 93.3 Å². The number of ether oxygens (including phenoxy) is 1. The summed E-state index contributed by atoms with van der Waals surface area (Å²) < 4.78 is 32.8. The van der Waals surface area contributed by atoms with Crippen LogP contribution >= 0.6 is 15.9 Å². The Labute approximate surface area is 195 Å². The molecule has 0 spiro atoms. The monoisotopic (exact) mass is 515 g/mol. The number of carbonyl (C=O) groups is 1. The molecule has 0 fully saturated rings. The Morgan fingerprint density at radius 3 is 2.41 bits per heavy atom. The average Bonchev–Trinajstić information content (AvgIpc) is 2.79. The van der Waals surface area contributed by atoms with Crippen LogP contribution in [0.5, 0.6) is 5.75 Å². The maximum Gasteiger partial charge on any atom is 0.255 e. The molecule has 0 aliphatic heterocycles. The largest absolute Gasteiger partial charge is 0.488 e. The first-order chi connectivity index (χ1) is 15.4. The normalized spacial score (nSPS) is 11.6. The van der Waals surface area contributed by atoms with E-state index in [1.165, 1.54) is 25.4 Å². The second kappa shape index (κ2) is 11.0. The molecule has 3 rings (SSSR count). The number of sulfonamides is 1. The highest BCUT2D eigenvalue weighted by molar-refractivity contribution is 9.10. The van der Waals surface area contributed by atoms with E-state index in [2.05, 4.69) is 26.5 Å². The minimum atomic E-state index is -3.79. The lowest BCUT2D eigenvalue weighted by Gasteiger charge is -2.16. The molecule has 9 heteroatoms. The average molecular weight is 516 g/mol. The van der Waals surface area contributed by atoms with Crippen molar-refractivity contribution in [2.24, 2.45) is 5.10 Å². The van der Waals surface area contributed by atoms with Crippen molar-refractivity contribution in [1.82, 2.24) is 9.73 Å². The highest BCUT2D eigenvalue weighted by atomic mass is 79.9. The van der Waals surface area contributed by atoms with E-state index in [1.807, 2.05) is 48.5 Å². The number of hydrogen-bond acceptors (Lipinski definition) is 5. The number of hydrogen-bond donors (Lipinski definition) is 1. The van der Waals surface area contributed by atoms with E-state index in [4.69, 9.17) is 4.74 Å². The summed E-state index contributed by atoms with van der Waals surface area (Å²) in [7, 11) is -2.45. The number of benzene rings is 3. The quantitative estimate of drug-likeness (QED) is 0.346. The number of halogens is 1. The number of para-hydroxylation sites is 1. The van der Waals surface area contributed by atoms with Crippen LogP contribution in [-0.2, 0) is 21.4 Å². The first-order valence-corrected chi connectivity index (χ1v) is 11.9. The van der Waals surface area contributed by atoms with Crippen molar-refractivity contribution in [2.45, 2.75) is 11.5 Å². The number of likely N-dealkylation sites (N-methyl/N-ethyl adjacent to an activating group) is 1. The Balaban J connectivity index is 1.57. The summed E-state index contributed by atoms with van der Waals surface area (Å²) >= 11 is 3.27. The number of amides is 1. The van der Waals surface area contributed by atoms with Crippen molar-refractivity contribution in [3.8, 4) is 5.75 Å². The van der Waals surface area contributed by atoms with E-state index in [0.29, 0.717) is 17.9 Å². The zero-order valence-corrected chi connectivity index (χ0v) is 19.7. The fourth-order valence-corrected chi connectivity index (χ4v) is 4.13. The van der Waals surface area contributed by atoms with Gasteiger partial charge >= 0.3 is 0 Å². The van der Waals surface area contributed by atoms with Crippen molar-refractivity contribution < 1.29 is 17.9 Å². The third-order valence-electron chi connectivity index (χ3n) is 4.44. The molecular formula is C23H22BrN3O4S. The van der Waals surface area contributed by atoms with Gasteiger partial charge in [0.05, 0.1) is 17.7 Å². The lowest BCUT2D eigenvalue weighted by molar-refractivity contribution is -0.121. The van der Waals surface area contributed by atoms with Crippen molar-refractivity contribution >= 4 is 38.1 Å². The van der Waals surface area contributed by atoms with Gasteiger partial charge in [0.15, 0.2) is 0 Å². The Morgan fingerprint density at radius 1 is 1.03 bits per heavy atom. The maximum atomic E-state index is 12.6. The summed E-state index contributed by atoms with van der Waals surface area (Å²) in [5, 5.41) is 3.94. The summed E-state index contributed by atoms with van der Waals surface area (Å²) in [6.07, 6.45) is 1.46.